The summed E-state index contributed by atoms with van der Waals surface area (Å²) in [4.78, 5) is 23.2. The van der Waals surface area contributed by atoms with Crippen molar-refractivity contribution in [2.75, 3.05) is 21.3 Å². The summed E-state index contributed by atoms with van der Waals surface area (Å²) < 4.78 is 25.5. The van der Waals surface area contributed by atoms with Gasteiger partial charge in [0.25, 0.3) is 0 Å². The molecular weight excluding hydrogens is 470 g/mol. The van der Waals surface area contributed by atoms with E-state index in [4.69, 9.17) is 0 Å². The molecule has 0 saturated heterocycles. The molecule has 6 N–H and O–H groups in total. The molecule has 0 aliphatic heterocycles. The molecule has 36 heavy (non-hydrogen) atoms. The van der Waals surface area contributed by atoms with Gasteiger partial charge < -0.3 is 31.5 Å². The van der Waals surface area contributed by atoms with Gasteiger partial charge >= 0.3 is 12.1 Å². The average molecular weight is 492 g/mol. The number of carbonyl (C=O) groups excluding carboxylic acids is 2. The molecule has 4 aromatic carbocycles. The maximum Gasteiger partial charge on any atom is 0.323 e. The van der Waals surface area contributed by atoms with Crippen LogP contribution >= 0.6 is 0 Å². The smallest absolute Gasteiger partial charge is 0.323 e. The van der Waals surface area contributed by atoms with Gasteiger partial charge in [-0.1, -0.05) is 36.4 Å². The Morgan fingerprint density at radius 2 is 0.889 bits per heavy atom. The van der Waals surface area contributed by atoms with Crippen molar-refractivity contribution >= 4 is 34.8 Å². The number of carbonyl (C=O) groups is 2. The molecule has 0 spiro atoms. The first-order chi connectivity index (χ1) is 17.3. The van der Waals surface area contributed by atoms with Crippen LogP contribution in [0.25, 0.3) is 0 Å². The fourth-order valence-electron chi connectivity index (χ4n) is 2.83. The summed E-state index contributed by atoms with van der Waals surface area (Å²) in [6.45, 7) is 0. The summed E-state index contributed by atoms with van der Waals surface area (Å²) in [5, 5.41) is 28.8. The summed E-state index contributed by atoms with van der Waals surface area (Å²) in [7, 11) is 0. The van der Waals surface area contributed by atoms with Crippen LogP contribution in [0.3, 0.4) is 0 Å². The van der Waals surface area contributed by atoms with Crippen molar-refractivity contribution in [2.24, 2.45) is 0 Å². The highest BCUT2D eigenvalue weighted by atomic mass is 19.1. The molecule has 0 heterocycles. The SMILES string of the molecule is O=C(Nc1ccccc1)Nc1ccc(F)cc1O.O=C(Nc1ccccc1)Nc1ccc(F)cc1O. The number of phenols is 2. The molecule has 0 bridgehead atoms. The quantitative estimate of drug-likeness (QED) is 0.186. The minimum atomic E-state index is -0.568. The summed E-state index contributed by atoms with van der Waals surface area (Å²) in [6.07, 6.45) is 0. The second-order valence-corrected chi connectivity index (χ2v) is 7.21. The number of hydrogen-bond acceptors (Lipinski definition) is 4. The Balaban J connectivity index is 0.000000201. The maximum atomic E-state index is 12.7. The molecule has 0 aliphatic rings. The lowest BCUT2D eigenvalue weighted by Gasteiger charge is -2.08. The van der Waals surface area contributed by atoms with Crippen LogP contribution in [0, 0.1) is 11.6 Å². The molecular formula is C26H22F2N4O4. The molecule has 0 saturated carbocycles. The number of urea groups is 2. The summed E-state index contributed by atoms with van der Waals surface area (Å²) >= 11 is 0. The number of hydrogen-bond donors (Lipinski definition) is 6. The number of halogens is 2. The summed E-state index contributed by atoms with van der Waals surface area (Å²) in [6, 6.07) is 23.4. The van der Waals surface area contributed by atoms with E-state index in [1.807, 2.05) is 12.1 Å². The molecule has 184 valence electrons. The molecule has 0 atom stereocenters. The van der Waals surface area contributed by atoms with Gasteiger partial charge in [0, 0.05) is 23.5 Å². The van der Waals surface area contributed by atoms with E-state index in [1.54, 1.807) is 48.5 Å². The molecule has 4 rings (SSSR count). The third kappa shape index (κ3) is 8.03. The number of nitrogens with one attached hydrogen (secondary N) is 4. The van der Waals surface area contributed by atoms with Crippen LogP contribution in [0.5, 0.6) is 11.5 Å². The molecule has 0 unspecified atom stereocenters. The van der Waals surface area contributed by atoms with E-state index in [-0.39, 0.29) is 22.9 Å². The molecule has 0 radical (unpaired) electrons. The number of para-hydroxylation sites is 2. The monoisotopic (exact) mass is 492 g/mol. The van der Waals surface area contributed by atoms with Gasteiger partial charge in [-0.3, -0.25) is 0 Å². The summed E-state index contributed by atoms with van der Waals surface area (Å²) in [5.41, 5.74) is 1.53. The van der Waals surface area contributed by atoms with E-state index in [0.29, 0.717) is 11.4 Å². The molecule has 4 amide bonds. The third-order valence-electron chi connectivity index (χ3n) is 4.48. The topological polar surface area (TPSA) is 123 Å². The highest BCUT2D eigenvalue weighted by Gasteiger charge is 2.08. The molecule has 0 aromatic heterocycles. The van der Waals surface area contributed by atoms with Gasteiger partial charge in [-0.15, -0.1) is 0 Å². The number of anilines is 4. The molecule has 0 fully saturated rings. The third-order valence-corrected chi connectivity index (χ3v) is 4.48. The van der Waals surface area contributed by atoms with Crippen molar-refractivity contribution in [3.8, 4) is 11.5 Å². The van der Waals surface area contributed by atoms with Gasteiger partial charge in [0.05, 0.1) is 11.4 Å². The van der Waals surface area contributed by atoms with Crippen LogP contribution in [-0.2, 0) is 0 Å². The van der Waals surface area contributed by atoms with Crippen LogP contribution in [0.2, 0.25) is 0 Å². The van der Waals surface area contributed by atoms with Crippen molar-refractivity contribution in [1.29, 1.82) is 0 Å². The minimum Gasteiger partial charge on any atom is -0.506 e. The Bertz CT molecular complexity index is 1220. The first kappa shape index (κ1) is 25.5. The van der Waals surface area contributed by atoms with E-state index < -0.39 is 23.7 Å². The Kier molecular flexibility index (Phi) is 8.76. The predicted molar refractivity (Wildman–Crippen MR) is 134 cm³/mol. The molecule has 10 heteroatoms. The van der Waals surface area contributed by atoms with Gasteiger partial charge in [0.1, 0.15) is 23.1 Å². The molecule has 4 aromatic rings. The van der Waals surface area contributed by atoms with Gasteiger partial charge in [0.15, 0.2) is 0 Å². The minimum absolute atomic E-state index is 0.143. The summed E-state index contributed by atoms with van der Waals surface area (Å²) in [5.74, 6) is -1.78. The van der Waals surface area contributed by atoms with E-state index in [0.717, 1.165) is 24.3 Å². The number of phenolic OH excluding ortho intramolecular Hbond substituents is 2. The normalized spacial score (nSPS) is 9.83. The van der Waals surface area contributed by atoms with Gasteiger partial charge in [0.2, 0.25) is 0 Å². The van der Waals surface area contributed by atoms with Gasteiger partial charge in [-0.2, -0.15) is 0 Å². The van der Waals surface area contributed by atoms with Gasteiger partial charge in [-0.05, 0) is 48.5 Å². The number of benzene rings is 4. The number of rotatable bonds is 4. The first-order valence-corrected chi connectivity index (χ1v) is 10.5. The lowest BCUT2D eigenvalue weighted by atomic mass is 10.3. The van der Waals surface area contributed by atoms with Crippen LogP contribution in [-0.4, -0.2) is 22.3 Å². The highest BCUT2D eigenvalue weighted by Crippen LogP contribution is 2.24. The Morgan fingerprint density at radius 3 is 1.22 bits per heavy atom. The first-order valence-electron chi connectivity index (χ1n) is 10.5. The average Bonchev–Trinajstić information content (AvgIpc) is 2.84. The lowest BCUT2D eigenvalue weighted by molar-refractivity contribution is 0.261. The van der Waals surface area contributed by atoms with Crippen LogP contribution < -0.4 is 21.3 Å². The Hall–Kier alpha value is -5.12. The van der Waals surface area contributed by atoms with E-state index >= 15 is 0 Å². The number of amides is 4. The fourth-order valence-corrected chi connectivity index (χ4v) is 2.83. The van der Waals surface area contributed by atoms with Gasteiger partial charge in [-0.25, -0.2) is 18.4 Å². The van der Waals surface area contributed by atoms with Crippen molar-refractivity contribution in [2.45, 2.75) is 0 Å². The zero-order valence-corrected chi connectivity index (χ0v) is 18.7. The fraction of sp³-hybridized carbons (Fsp3) is 0. The zero-order valence-electron chi connectivity index (χ0n) is 18.7. The van der Waals surface area contributed by atoms with Crippen LogP contribution in [0.15, 0.2) is 97.1 Å². The van der Waals surface area contributed by atoms with E-state index in [9.17, 15) is 28.6 Å². The maximum absolute atomic E-state index is 12.7. The predicted octanol–water partition coefficient (Wildman–Crippen LogP) is 6.35. The second kappa shape index (κ2) is 12.4. The second-order valence-electron chi connectivity index (χ2n) is 7.21. The van der Waals surface area contributed by atoms with E-state index in [2.05, 4.69) is 21.3 Å². The van der Waals surface area contributed by atoms with Crippen molar-refractivity contribution in [1.82, 2.24) is 0 Å². The van der Waals surface area contributed by atoms with Crippen molar-refractivity contribution in [3.63, 3.8) is 0 Å². The van der Waals surface area contributed by atoms with E-state index in [1.165, 1.54) is 12.1 Å². The highest BCUT2D eigenvalue weighted by molar-refractivity contribution is 6.01. The number of aromatic hydroxyl groups is 2. The zero-order chi connectivity index (χ0) is 25.9. The lowest BCUT2D eigenvalue weighted by Crippen LogP contribution is -2.19. The standard InChI is InChI=1S/2C13H11FN2O2/c2*14-9-6-7-11(12(17)8-9)16-13(18)15-10-4-2-1-3-5-10/h2*1-8,17H,(H2,15,16,18). The molecule has 8 nitrogen and oxygen atoms in total. The molecule has 0 aliphatic carbocycles. The van der Waals surface area contributed by atoms with Crippen molar-refractivity contribution < 1.29 is 28.6 Å². The Morgan fingerprint density at radius 1 is 0.528 bits per heavy atom. The Labute approximate surface area is 205 Å². The van der Waals surface area contributed by atoms with Crippen molar-refractivity contribution in [3.05, 3.63) is 109 Å². The largest absolute Gasteiger partial charge is 0.506 e. The van der Waals surface area contributed by atoms with Crippen LogP contribution in [0.1, 0.15) is 0 Å². The van der Waals surface area contributed by atoms with Crippen LogP contribution in [0.4, 0.5) is 41.1 Å².